The Kier molecular flexibility index (Phi) is 6.14. The molecule has 0 aliphatic heterocycles. The highest BCUT2D eigenvalue weighted by Gasteiger charge is 2.19. The van der Waals surface area contributed by atoms with Crippen molar-refractivity contribution < 1.29 is 4.79 Å². The molecular weight excluding hydrogens is 410 g/mol. The molecule has 0 fully saturated rings. The lowest BCUT2D eigenvalue weighted by Crippen LogP contribution is -2.34. The maximum Gasteiger partial charge on any atom is 0.258 e. The van der Waals surface area contributed by atoms with E-state index in [-0.39, 0.29) is 18.0 Å². The van der Waals surface area contributed by atoms with Crippen LogP contribution in [-0.2, 0) is 13.0 Å². The molecule has 1 heterocycles. The second-order valence-electron chi connectivity index (χ2n) is 7.45. The summed E-state index contributed by atoms with van der Waals surface area (Å²) in [7, 11) is 0. The molecule has 6 heteroatoms. The smallest absolute Gasteiger partial charge is 0.258 e. The summed E-state index contributed by atoms with van der Waals surface area (Å²) in [5, 5.41) is 1.21. The van der Waals surface area contributed by atoms with Gasteiger partial charge in [-0.1, -0.05) is 54.1 Å². The Labute approximate surface area is 185 Å². The minimum absolute atomic E-state index is 0.0946. The quantitative estimate of drug-likeness (QED) is 0.478. The molecule has 156 valence electrons. The second-order valence-corrected chi connectivity index (χ2v) is 7.88. The van der Waals surface area contributed by atoms with Crippen LogP contribution < -0.4 is 5.56 Å². The molecule has 1 aromatic heterocycles. The highest BCUT2D eigenvalue weighted by molar-refractivity contribution is 6.30. The van der Waals surface area contributed by atoms with Crippen LogP contribution >= 0.6 is 11.6 Å². The monoisotopic (exact) mass is 431 g/mol. The van der Waals surface area contributed by atoms with Crippen molar-refractivity contribution in [3.8, 4) is 0 Å². The number of halogens is 1. The number of para-hydroxylation sites is 1. The number of aromatic nitrogens is 2. The minimum atomic E-state index is -0.207. The second kappa shape index (κ2) is 9.14. The number of aromatic amines is 1. The first-order valence-corrected chi connectivity index (χ1v) is 10.5. The number of benzene rings is 3. The van der Waals surface area contributed by atoms with Gasteiger partial charge in [-0.2, -0.15) is 0 Å². The summed E-state index contributed by atoms with van der Waals surface area (Å²) in [4.78, 5) is 35.0. The number of aryl methyl sites for hydroxylation is 1. The Balaban J connectivity index is 1.64. The maximum absolute atomic E-state index is 13.4. The summed E-state index contributed by atoms with van der Waals surface area (Å²) in [6.07, 6.45) is 0.659. The third-order valence-electron chi connectivity index (χ3n) is 5.25. The van der Waals surface area contributed by atoms with Gasteiger partial charge < -0.3 is 9.88 Å². The Morgan fingerprint density at radius 1 is 1.00 bits per heavy atom. The molecule has 0 saturated heterocycles. The van der Waals surface area contributed by atoms with E-state index in [1.54, 1.807) is 23.1 Å². The lowest BCUT2D eigenvalue weighted by molar-refractivity contribution is 0.0740. The van der Waals surface area contributed by atoms with Crippen molar-refractivity contribution >= 4 is 28.4 Å². The van der Waals surface area contributed by atoms with Gasteiger partial charge in [0.25, 0.3) is 11.5 Å². The average Bonchev–Trinajstić information content (AvgIpc) is 2.78. The van der Waals surface area contributed by atoms with Gasteiger partial charge in [-0.05, 0) is 54.8 Å². The van der Waals surface area contributed by atoms with Crippen LogP contribution in [0.15, 0.2) is 77.6 Å². The lowest BCUT2D eigenvalue weighted by Gasteiger charge is -2.23. The molecule has 0 radical (unpaired) electrons. The molecule has 0 saturated carbocycles. The largest absolute Gasteiger partial charge is 0.331 e. The van der Waals surface area contributed by atoms with E-state index in [2.05, 4.69) is 9.97 Å². The van der Waals surface area contributed by atoms with Crippen LogP contribution in [0.5, 0.6) is 0 Å². The summed E-state index contributed by atoms with van der Waals surface area (Å²) in [6.45, 7) is 2.60. The molecule has 0 bridgehead atoms. The molecule has 1 N–H and O–H groups in total. The van der Waals surface area contributed by atoms with Crippen LogP contribution in [0.1, 0.15) is 27.3 Å². The normalized spacial score (nSPS) is 10.9. The summed E-state index contributed by atoms with van der Waals surface area (Å²) in [6, 6.07) is 22.3. The van der Waals surface area contributed by atoms with Gasteiger partial charge >= 0.3 is 0 Å². The van der Waals surface area contributed by atoms with Crippen LogP contribution in [-0.4, -0.2) is 27.3 Å². The zero-order chi connectivity index (χ0) is 21.8. The topological polar surface area (TPSA) is 66.1 Å². The van der Waals surface area contributed by atoms with Crippen molar-refractivity contribution in [3.05, 3.63) is 111 Å². The van der Waals surface area contributed by atoms with Crippen LogP contribution in [0, 0.1) is 6.92 Å². The molecule has 4 rings (SSSR count). The highest BCUT2D eigenvalue weighted by Crippen LogP contribution is 2.15. The first kappa shape index (κ1) is 20.8. The van der Waals surface area contributed by atoms with Crippen LogP contribution in [0.4, 0.5) is 0 Å². The maximum atomic E-state index is 13.4. The number of H-pyrrole nitrogens is 1. The standard InChI is InChI=1S/C25H22ClN3O2/c1-17-6-2-3-7-20(17)25(31)29(15-14-18-10-12-19(26)13-11-18)16-23-27-22-9-5-4-8-21(22)24(30)28-23/h2-13H,14-16H2,1H3,(H,27,28,30). The van der Waals surface area contributed by atoms with E-state index in [9.17, 15) is 9.59 Å². The third kappa shape index (κ3) is 4.84. The Morgan fingerprint density at radius 3 is 2.48 bits per heavy atom. The molecule has 5 nitrogen and oxygen atoms in total. The van der Waals surface area contributed by atoms with E-state index in [0.29, 0.717) is 40.3 Å². The van der Waals surface area contributed by atoms with Gasteiger partial charge in [0.2, 0.25) is 0 Å². The molecule has 0 spiro atoms. The number of carbonyl (C=O) groups is 1. The fraction of sp³-hybridized carbons (Fsp3) is 0.160. The number of fused-ring (bicyclic) bond motifs is 1. The first-order valence-electron chi connectivity index (χ1n) is 10.1. The van der Waals surface area contributed by atoms with Gasteiger partial charge in [-0.25, -0.2) is 4.98 Å². The van der Waals surface area contributed by atoms with Gasteiger partial charge in [0, 0.05) is 17.1 Å². The zero-order valence-corrected chi connectivity index (χ0v) is 17.9. The van der Waals surface area contributed by atoms with E-state index in [1.807, 2.05) is 61.5 Å². The first-order chi connectivity index (χ1) is 15.0. The van der Waals surface area contributed by atoms with Gasteiger partial charge in [-0.15, -0.1) is 0 Å². The summed E-state index contributed by atoms with van der Waals surface area (Å²) in [5.74, 6) is 0.365. The molecule has 0 aliphatic carbocycles. The molecule has 0 aliphatic rings. The molecule has 0 unspecified atom stereocenters. The molecule has 31 heavy (non-hydrogen) atoms. The average molecular weight is 432 g/mol. The van der Waals surface area contributed by atoms with Gasteiger partial charge in [0.05, 0.1) is 17.4 Å². The molecule has 4 aromatic rings. The predicted octanol–water partition coefficient (Wildman–Crippen LogP) is 4.77. The van der Waals surface area contributed by atoms with Gasteiger partial charge in [-0.3, -0.25) is 9.59 Å². The summed E-state index contributed by atoms with van der Waals surface area (Å²) >= 11 is 5.99. The van der Waals surface area contributed by atoms with E-state index in [0.717, 1.165) is 11.1 Å². The van der Waals surface area contributed by atoms with Crippen molar-refractivity contribution in [1.82, 2.24) is 14.9 Å². The summed E-state index contributed by atoms with van der Waals surface area (Å²) < 4.78 is 0. The van der Waals surface area contributed by atoms with E-state index in [1.165, 1.54) is 0 Å². The van der Waals surface area contributed by atoms with Crippen molar-refractivity contribution in [2.45, 2.75) is 19.9 Å². The summed E-state index contributed by atoms with van der Waals surface area (Å²) in [5.41, 5.74) is 3.03. The van der Waals surface area contributed by atoms with E-state index in [4.69, 9.17) is 11.6 Å². The number of nitrogens with zero attached hydrogens (tertiary/aromatic N) is 2. The SMILES string of the molecule is Cc1ccccc1C(=O)N(CCc1ccc(Cl)cc1)Cc1nc2ccccc2c(=O)[nH]1. The van der Waals surface area contributed by atoms with Crippen molar-refractivity contribution in [2.75, 3.05) is 6.54 Å². The van der Waals surface area contributed by atoms with Gasteiger partial charge in [0.15, 0.2) is 0 Å². The minimum Gasteiger partial charge on any atom is -0.331 e. The molecule has 1 amide bonds. The van der Waals surface area contributed by atoms with Gasteiger partial charge in [0.1, 0.15) is 5.82 Å². The Hall–Kier alpha value is -3.44. The van der Waals surface area contributed by atoms with Crippen molar-refractivity contribution in [3.63, 3.8) is 0 Å². The predicted molar refractivity (Wildman–Crippen MR) is 123 cm³/mol. The van der Waals surface area contributed by atoms with E-state index >= 15 is 0 Å². The van der Waals surface area contributed by atoms with Crippen molar-refractivity contribution in [2.24, 2.45) is 0 Å². The van der Waals surface area contributed by atoms with Crippen molar-refractivity contribution in [1.29, 1.82) is 0 Å². The number of carbonyl (C=O) groups excluding carboxylic acids is 1. The molecular formula is C25H22ClN3O2. The zero-order valence-electron chi connectivity index (χ0n) is 17.1. The Bertz CT molecular complexity index is 1280. The number of rotatable bonds is 6. The number of hydrogen-bond donors (Lipinski definition) is 1. The van der Waals surface area contributed by atoms with Crippen LogP contribution in [0.2, 0.25) is 5.02 Å². The lowest BCUT2D eigenvalue weighted by atomic mass is 10.1. The molecule has 3 aromatic carbocycles. The Morgan fingerprint density at radius 2 is 1.71 bits per heavy atom. The fourth-order valence-corrected chi connectivity index (χ4v) is 3.67. The number of amides is 1. The number of nitrogens with one attached hydrogen (secondary N) is 1. The number of hydrogen-bond acceptors (Lipinski definition) is 3. The third-order valence-corrected chi connectivity index (χ3v) is 5.50. The van der Waals surface area contributed by atoms with Crippen LogP contribution in [0.25, 0.3) is 10.9 Å². The van der Waals surface area contributed by atoms with Crippen LogP contribution in [0.3, 0.4) is 0 Å². The fourth-order valence-electron chi connectivity index (χ4n) is 3.54. The van der Waals surface area contributed by atoms with E-state index < -0.39 is 0 Å². The molecule has 0 atom stereocenters. The highest BCUT2D eigenvalue weighted by atomic mass is 35.5.